The first-order valence-electron chi connectivity index (χ1n) is 9.34. The lowest BCUT2D eigenvalue weighted by molar-refractivity contribution is 0.0995. The molecule has 0 aliphatic rings. The Labute approximate surface area is 185 Å². The normalized spacial score (nSPS) is 10.6. The van der Waals surface area contributed by atoms with Crippen LogP contribution in [0, 0.1) is 5.82 Å². The van der Waals surface area contributed by atoms with Crippen LogP contribution in [0.1, 0.15) is 31.8 Å². The molecule has 1 aromatic heterocycles. The number of nitrogens with zero attached hydrogens (tertiary/aromatic N) is 3. The summed E-state index contributed by atoms with van der Waals surface area (Å²) < 4.78 is 15.8. The Bertz CT molecular complexity index is 1240. The quantitative estimate of drug-likeness (QED) is 0.407. The second kappa shape index (κ2) is 9.01. The molecule has 0 bridgehead atoms. The Kier molecular flexibility index (Phi) is 5.99. The fourth-order valence-corrected chi connectivity index (χ4v) is 3.27. The molecule has 1 amide bonds. The average Bonchev–Trinajstić information content (AvgIpc) is 3.22. The molecular formula is C23H16BrFN4O2. The van der Waals surface area contributed by atoms with Gasteiger partial charge in [-0.1, -0.05) is 46.3 Å². The molecule has 4 rings (SSSR count). The topological polar surface area (TPSA) is 76.9 Å². The maximum atomic E-state index is 13.2. The van der Waals surface area contributed by atoms with Crippen molar-refractivity contribution in [1.29, 1.82) is 0 Å². The predicted octanol–water partition coefficient (Wildman–Crippen LogP) is 4.71. The van der Waals surface area contributed by atoms with Gasteiger partial charge >= 0.3 is 0 Å². The van der Waals surface area contributed by atoms with Crippen LogP contribution in [-0.2, 0) is 6.54 Å². The van der Waals surface area contributed by atoms with E-state index in [2.05, 4.69) is 31.3 Å². The van der Waals surface area contributed by atoms with Crippen LogP contribution < -0.4 is 5.32 Å². The fourth-order valence-electron chi connectivity index (χ4n) is 3.01. The zero-order valence-corrected chi connectivity index (χ0v) is 17.7. The summed E-state index contributed by atoms with van der Waals surface area (Å²) in [5.41, 5.74) is 1.71. The Morgan fingerprint density at radius 2 is 1.61 bits per heavy atom. The van der Waals surface area contributed by atoms with Crippen molar-refractivity contribution in [1.82, 2.24) is 14.8 Å². The zero-order chi connectivity index (χ0) is 21.8. The average molecular weight is 479 g/mol. The molecule has 8 heteroatoms. The minimum absolute atomic E-state index is 0.131. The zero-order valence-electron chi connectivity index (χ0n) is 16.1. The van der Waals surface area contributed by atoms with E-state index in [9.17, 15) is 14.0 Å². The third kappa shape index (κ3) is 4.92. The van der Waals surface area contributed by atoms with E-state index in [0.29, 0.717) is 12.1 Å². The van der Waals surface area contributed by atoms with Gasteiger partial charge in [-0.15, -0.1) is 5.10 Å². The van der Waals surface area contributed by atoms with Crippen LogP contribution in [0.3, 0.4) is 0 Å². The van der Waals surface area contributed by atoms with Gasteiger partial charge in [-0.2, -0.15) is 0 Å². The number of amides is 1. The first-order chi connectivity index (χ1) is 15.0. The van der Waals surface area contributed by atoms with E-state index in [1.54, 1.807) is 28.9 Å². The lowest BCUT2D eigenvalue weighted by Gasteiger charge is -2.08. The highest BCUT2D eigenvalue weighted by atomic mass is 79.9. The van der Waals surface area contributed by atoms with Crippen molar-refractivity contribution < 1.29 is 14.0 Å². The molecule has 31 heavy (non-hydrogen) atoms. The Morgan fingerprint density at radius 1 is 0.935 bits per heavy atom. The first kappa shape index (κ1) is 20.6. The van der Waals surface area contributed by atoms with E-state index in [-0.39, 0.29) is 22.9 Å². The van der Waals surface area contributed by atoms with Gasteiger partial charge in [0.25, 0.3) is 5.91 Å². The van der Waals surface area contributed by atoms with Crippen molar-refractivity contribution in [3.8, 4) is 0 Å². The number of rotatable bonds is 6. The molecule has 0 fully saturated rings. The highest BCUT2D eigenvalue weighted by Crippen LogP contribution is 2.17. The van der Waals surface area contributed by atoms with Crippen LogP contribution in [0.4, 0.5) is 10.3 Å². The molecule has 4 aromatic rings. The van der Waals surface area contributed by atoms with Crippen molar-refractivity contribution in [3.63, 3.8) is 0 Å². The SMILES string of the molecule is O=C(Nc1ncn(Cc2ccc(Br)cc2)n1)c1ccccc1C(=O)c1ccc(F)cc1. The molecule has 1 heterocycles. The molecular weight excluding hydrogens is 463 g/mol. The third-order valence-electron chi connectivity index (χ3n) is 4.54. The van der Waals surface area contributed by atoms with Gasteiger partial charge in [0.15, 0.2) is 5.78 Å². The standard InChI is InChI=1S/C23H16BrFN4O2/c24-17-9-5-15(6-10-17)13-29-14-26-23(28-29)27-22(31)20-4-2-1-3-19(20)21(30)16-7-11-18(25)12-8-16/h1-12,14H,13H2,(H,27,28,31). The first-order valence-corrected chi connectivity index (χ1v) is 10.1. The molecule has 3 aromatic carbocycles. The number of anilines is 1. The molecule has 0 radical (unpaired) electrons. The number of carbonyl (C=O) groups excluding carboxylic acids is 2. The molecule has 6 nitrogen and oxygen atoms in total. The van der Waals surface area contributed by atoms with Crippen molar-refractivity contribution in [2.75, 3.05) is 5.32 Å². The van der Waals surface area contributed by atoms with Gasteiger partial charge < -0.3 is 0 Å². The van der Waals surface area contributed by atoms with E-state index in [0.717, 1.165) is 10.0 Å². The number of hydrogen-bond acceptors (Lipinski definition) is 4. The molecule has 0 saturated heterocycles. The maximum Gasteiger partial charge on any atom is 0.258 e. The highest BCUT2D eigenvalue weighted by Gasteiger charge is 2.19. The number of halogens is 2. The second-order valence-electron chi connectivity index (χ2n) is 6.73. The van der Waals surface area contributed by atoms with Crippen LogP contribution in [0.2, 0.25) is 0 Å². The van der Waals surface area contributed by atoms with Gasteiger partial charge in [-0.3, -0.25) is 14.9 Å². The number of hydrogen-bond donors (Lipinski definition) is 1. The second-order valence-corrected chi connectivity index (χ2v) is 7.64. The molecule has 0 aliphatic heterocycles. The monoisotopic (exact) mass is 478 g/mol. The van der Waals surface area contributed by atoms with Gasteiger partial charge in [-0.25, -0.2) is 14.1 Å². The van der Waals surface area contributed by atoms with Crippen LogP contribution >= 0.6 is 15.9 Å². The summed E-state index contributed by atoms with van der Waals surface area (Å²) >= 11 is 3.40. The van der Waals surface area contributed by atoms with Crippen LogP contribution in [0.5, 0.6) is 0 Å². The minimum atomic E-state index is -0.507. The van der Waals surface area contributed by atoms with E-state index in [1.165, 1.54) is 30.6 Å². The smallest absolute Gasteiger partial charge is 0.258 e. The van der Waals surface area contributed by atoms with Crippen molar-refractivity contribution in [2.24, 2.45) is 0 Å². The Morgan fingerprint density at radius 3 is 2.32 bits per heavy atom. The van der Waals surface area contributed by atoms with Gasteiger partial charge in [0.2, 0.25) is 5.95 Å². The third-order valence-corrected chi connectivity index (χ3v) is 5.07. The number of ketones is 1. The maximum absolute atomic E-state index is 13.2. The van der Waals surface area contributed by atoms with Crippen LogP contribution in [-0.4, -0.2) is 26.5 Å². The van der Waals surface area contributed by atoms with E-state index in [4.69, 9.17) is 0 Å². The summed E-state index contributed by atoms with van der Waals surface area (Å²) in [5, 5.41) is 6.90. The molecule has 0 spiro atoms. The molecule has 154 valence electrons. The number of aromatic nitrogens is 3. The highest BCUT2D eigenvalue weighted by molar-refractivity contribution is 9.10. The summed E-state index contributed by atoms with van der Waals surface area (Å²) in [6.07, 6.45) is 1.52. The lowest BCUT2D eigenvalue weighted by Crippen LogP contribution is -2.18. The summed E-state index contributed by atoms with van der Waals surface area (Å²) in [5.74, 6) is -1.19. The lowest BCUT2D eigenvalue weighted by atomic mass is 9.98. The van der Waals surface area contributed by atoms with Crippen LogP contribution in [0.25, 0.3) is 0 Å². The Hall–Kier alpha value is -3.65. The Balaban J connectivity index is 1.50. The predicted molar refractivity (Wildman–Crippen MR) is 117 cm³/mol. The summed E-state index contributed by atoms with van der Waals surface area (Å²) in [6, 6.07) is 19.4. The van der Waals surface area contributed by atoms with Gasteiger partial charge in [0.05, 0.1) is 12.1 Å². The van der Waals surface area contributed by atoms with Crippen molar-refractivity contribution in [3.05, 3.63) is 112 Å². The van der Waals surface area contributed by atoms with Gasteiger partial charge in [0.1, 0.15) is 12.1 Å². The van der Waals surface area contributed by atoms with E-state index < -0.39 is 11.7 Å². The summed E-state index contributed by atoms with van der Waals surface area (Å²) in [4.78, 5) is 29.8. The molecule has 0 unspecified atom stereocenters. The fraction of sp³-hybridized carbons (Fsp3) is 0.0435. The molecule has 0 atom stereocenters. The molecule has 1 N–H and O–H groups in total. The van der Waals surface area contributed by atoms with Gasteiger partial charge in [-0.05, 0) is 48.0 Å². The molecule has 0 aliphatic carbocycles. The number of nitrogens with one attached hydrogen (secondary N) is 1. The largest absolute Gasteiger partial charge is 0.289 e. The summed E-state index contributed by atoms with van der Waals surface area (Å²) in [6.45, 7) is 0.496. The number of benzene rings is 3. The van der Waals surface area contributed by atoms with Crippen molar-refractivity contribution >= 4 is 33.6 Å². The minimum Gasteiger partial charge on any atom is -0.289 e. The van der Waals surface area contributed by atoms with Crippen molar-refractivity contribution in [2.45, 2.75) is 6.54 Å². The number of carbonyl (C=O) groups is 2. The van der Waals surface area contributed by atoms with E-state index >= 15 is 0 Å². The summed E-state index contributed by atoms with van der Waals surface area (Å²) in [7, 11) is 0. The van der Waals surface area contributed by atoms with Gasteiger partial charge in [0, 0.05) is 15.6 Å². The molecule has 0 saturated carbocycles. The van der Waals surface area contributed by atoms with E-state index in [1.807, 2.05) is 24.3 Å². The van der Waals surface area contributed by atoms with Crippen LogP contribution in [0.15, 0.2) is 83.6 Å².